The molecule has 0 bridgehead atoms. The molecule has 1 aliphatic rings. The Morgan fingerprint density at radius 3 is 2.67 bits per heavy atom. The summed E-state index contributed by atoms with van der Waals surface area (Å²) in [4.78, 5) is 0. The molecule has 0 spiro atoms. The van der Waals surface area contributed by atoms with Gasteiger partial charge in [0.25, 0.3) is 0 Å². The van der Waals surface area contributed by atoms with Crippen molar-refractivity contribution in [2.24, 2.45) is 0 Å². The normalized spacial score (nSPS) is 16.7. The molecule has 1 fully saturated rings. The van der Waals surface area contributed by atoms with Gasteiger partial charge in [-0.1, -0.05) is 32.4 Å². The molecule has 0 N–H and O–H groups in total. The average molecular weight is 310 g/mol. The minimum absolute atomic E-state index is 0.0645. The van der Waals surface area contributed by atoms with E-state index >= 15 is 0 Å². The van der Waals surface area contributed by atoms with Crippen LogP contribution in [0.2, 0.25) is 0 Å². The molecule has 21 heavy (non-hydrogen) atoms. The zero-order chi connectivity index (χ0) is 15.3. The predicted molar refractivity (Wildman–Crippen MR) is 86.7 cm³/mol. The Morgan fingerprint density at radius 2 is 2.05 bits per heavy atom. The summed E-state index contributed by atoms with van der Waals surface area (Å²) in [6.07, 6.45) is 5.14. The molecule has 1 aromatic rings. The fraction of sp³-hybridized carbons (Fsp3) is 0.647. The number of rotatable bonds is 9. The molecule has 1 aromatic carbocycles. The Kier molecular flexibility index (Phi) is 5.68. The summed E-state index contributed by atoms with van der Waals surface area (Å²) >= 11 is 0. The number of hydrogen-bond donors (Lipinski definition) is 0. The molecule has 0 amide bonds. The fourth-order valence-corrected chi connectivity index (χ4v) is 4.36. The molecule has 2 rings (SSSR count). The molecule has 0 unspecified atom stereocenters. The fourth-order valence-electron chi connectivity index (χ4n) is 2.42. The van der Waals surface area contributed by atoms with Gasteiger partial charge in [-0.05, 0) is 49.3 Å². The second-order valence-corrected chi connectivity index (χ2v) is 8.19. The molecule has 1 aliphatic carbocycles. The van der Waals surface area contributed by atoms with E-state index in [1.807, 2.05) is 31.2 Å². The molecule has 0 aliphatic heterocycles. The molecule has 118 valence electrons. The Morgan fingerprint density at radius 1 is 1.29 bits per heavy atom. The first-order chi connectivity index (χ1) is 10.0. The summed E-state index contributed by atoms with van der Waals surface area (Å²) in [5.41, 5.74) is 1.08. The van der Waals surface area contributed by atoms with Crippen molar-refractivity contribution in [2.75, 3.05) is 11.5 Å². The summed E-state index contributed by atoms with van der Waals surface area (Å²) < 4.78 is 30.2. The van der Waals surface area contributed by atoms with E-state index in [1.165, 1.54) is 0 Å². The zero-order valence-corrected chi connectivity index (χ0v) is 13.9. The molecule has 0 radical (unpaired) electrons. The third-order valence-electron chi connectivity index (χ3n) is 3.91. The van der Waals surface area contributed by atoms with E-state index in [4.69, 9.17) is 4.74 Å². The first-order valence-corrected chi connectivity index (χ1v) is 9.83. The van der Waals surface area contributed by atoms with Crippen molar-refractivity contribution < 1.29 is 13.2 Å². The average Bonchev–Trinajstić information content (AvgIpc) is 3.27. The summed E-state index contributed by atoms with van der Waals surface area (Å²) in [6.45, 7) is 4.07. The summed E-state index contributed by atoms with van der Waals surface area (Å²) in [5, 5.41) is 0. The second-order valence-electron chi connectivity index (χ2n) is 5.96. The van der Waals surface area contributed by atoms with E-state index in [0.717, 1.165) is 43.4 Å². The first kappa shape index (κ1) is 16.3. The SMILES string of the molecule is CCCCS(=O)(=O)C[C@H](CC)c1cccc(OC2CC2)c1. The van der Waals surface area contributed by atoms with Crippen LogP contribution in [0.15, 0.2) is 24.3 Å². The molecular weight excluding hydrogens is 284 g/mol. The van der Waals surface area contributed by atoms with Gasteiger partial charge in [-0.3, -0.25) is 0 Å². The van der Waals surface area contributed by atoms with Crippen LogP contribution < -0.4 is 4.74 Å². The second kappa shape index (κ2) is 7.30. The van der Waals surface area contributed by atoms with Gasteiger partial charge in [0.1, 0.15) is 5.75 Å². The van der Waals surface area contributed by atoms with Crippen LogP contribution in [0, 0.1) is 0 Å². The number of unbranched alkanes of at least 4 members (excludes halogenated alkanes) is 1. The van der Waals surface area contributed by atoms with Crippen LogP contribution in [0.5, 0.6) is 5.75 Å². The van der Waals surface area contributed by atoms with Gasteiger partial charge in [0.2, 0.25) is 0 Å². The van der Waals surface area contributed by atoms with Crippen LogP contribution in [-0.2, 0) is 9.84 Å². The summed E-state index contributed by atoms with van der Waals surface area (Å²) in [6, 6.07) is 7.96. The Hall–Kier alpha value is -1.03. The predicted octanol–water partition coefficient (Wildman–Crippen LogP) is 3.94. The van der Waals surface area contributed by atoms with Crippen LogP contribution >= 0.6 is 0 Å². The highest BCUT2D eigenvalue weighted by Gasteiger charge is 2.24. The molecule has 4 heteroatoms. The van der Waals surface area contributed by atoms with Gasteiger partial charge < -0.3 is 4.74 Å². The minimum Gasteiger partial charge on any atom is -0.490 e. The van der Waals surface area contributed by atoms with Gasteiger partial charge in [0.15, 0.2) is 9.84 Å². The quantitative estimate of drug-likeness (QED) is 0.694. The number of benzene rings is 1. The minimum atomic E-state index is -2.97. The van der Waals surface area contributed by atoms with Crippen LogP contribution in [0.25, 0.3) is 0 Å². The van der Waals surface area contributed by atoms with Crippen molar-refractivity contribution >= 4 is 9.84 Å². The number of ether oxygens (including phenoxy) is 1. The lowest BCUT2D eigenvalue weighted by molar-refractivity contribution is 0.302. The van der Waals surface area contributed by atoms with Crippen molar-refractivity contribution in [1.82, 2.24) is 0 Å². The highest BCUT2D eigenvalue weighted by atomic mass is 32.2. The van der Waals surface area contributed by atoms with Gasteiger partial charge in [0.05, 0.1) is 17.6 Å². The number of hydrogen-bond acceptors (Lipinski definition) is 3. The Bertz CT molecular complexity index is 547. The van der Waals surface area contributed by atoms with E-state index in [-0.39, 0.29) is 11.7 Å². The standard InChI is InChI=1S/C17H26O3S/c1-3-5-11-21(18,19)13-14(4-2)15-7-6-8-17(12-15)20-16-9-10-16/h6-8,12,14,16H,3-5,9-11,13H2,1-2H3/t14-/m0/s1. The zero-order valence-electron chi connectivity index (χ0n) is 13.0. The third kappa shape index (κ3) is 5.34. The van der Waals surface area contributed by atoms with Gasteiger partial charge in [-0.2, -0.15) is 0 Å². The van der Waals surface area contributed by atoms with Crippen LogP contribution in [0.1, 0.15) is 57.4 Å². The van der Waals surface area contributed by atoms with E-state index in [0.29, 0.717) is 11.9 Å². The molecule has 3 nitrogen and oxygen atoms in total. The van der Waals surface area contributed by atoms with E-state index in [9.17, 15) is 8.42 Å². The van der Waals surface area contributed by atoms with E-state index in [1.54, 1.807) is 0 Å². The maximum Gasteiger partial charge on any atom is 0.150 e. The maximum atomic E-state index is 12.2. The topological polar surface area (TPSA) is 43.4 Å². The third-order valence-corrected chi connectivity index (χ3v) is 5.73. The van der Waals surface area contributed by atoms with Crippen molar-refractivity contribution in [3.8, 4) is 5.75 Å². The van der Waals surface area contributed by atoms with Crippen molar-refractivity contribution in [2.45, 2.75) is 58.0 Å². The smallest absolute Gasteiger partial charge is 0.150 e. The number of sulfone groups is 1. The highest BCUT2D eigenvalue weighted by Crippen LogP contribution is 2.30. The van der Waals surface area contributed by atoms with Crippen LogP contribution in [-0.4, -0.2) is 26.0 Å². The van der Waals surface area contributed by atoms with Crippen molar-refractivity contribution in [1.29, 1.82) is 0 Å². The maximum absolute atomic E-state index is 12.2. The van der Waals surface area contributed by atoms with Gasteiger partial charge in [-0.15, -0.1) is 0 Å². The molecule has 0 aromatic heterocycles. The van der Waals surface area contributed by atoms with Crippen LogP contribution in [0.4, 0.5) is 0 Å². The summed E-state index contributed by atoms with van der Waals surface area (Å²) in [7, 11) is -2.97. The van der Waals surface area contributed by atoms with Crippen molar-refractivity contribution in [3.63, 3.8) is 0 Å². The molecule has 0 saturated heterocycles. The monoisotopic (exact) mass is 310 g/mol. The van der Waals surface area contributed by atoms with Gasteiger partial charge in [0, 0.05) is 0 Å². The molecular formula is C17H26O3S. The Labute approximate surface area is 128 Å². The molecule has 0 heterocycles. The lowest BCUT2D eigenvalue weighted by atomic mass is 9.98. The van der Waals surface area contributed by atoms with Gasteiger partial charge in [-0.25, -0.2) is 8.42 Å². The summed E-state index contributed by atoms with van der Waals surface area (Å²) in [5.74, 6) is 1.49. The first-order valence-electron chi connectivity index (χ1n) is 8.01. The Balaban J connectivity index is 2.05. The molecule has 1 saturated carbocycles. The van der Waals surface area contributed by atoms with Gasteiger partial charge >= 0.3 is 0 Å². The van der Waals surface area contributed by atoms with Crippen molar-refractivity contribution in [3.05, 3.63) is 29.8 Å². The lowest BCUT2D eigenvalue weighted by Crippen LogP contribution is -2.17. The van der Waals surface area contributed by atoms with E-state index < -0.39 is 9.84 Å². The lowest BCUT2D eigenvalue weighted by Gasteiger charge is -2.17. The largest absolute Gasteiger partial charge is 0.490 e. The van der Waals surface area contributed by atoms with E-state index in [2.05, 4.69) is 6.92 Å². The van der Waals surface area contributed by atoms with Crippen LogP contribution in [0.3, 0.4) is 0 Å². The molecule has 1 atom stereocenters. The highest BCUT2D eigenvalue weighted by molar-refractivity contribution is 7.91.